The second-order valence-electron chi connectivity index (χ2n) is 3.77. The van der Waals surface area contributed by atoms with E-state index in [1.807, 2.05) is 47.1 Å². The topological polar surface area (TPSA) is 66.0 Å². The fourth-order valence-electron chi connectivity index (χ4n) is 1.68. The predicted octanol–water partition coefficient (Wildman–Crippen LogP) is 2.06. The first-order chi connectivity index (χ1) is 8.18. The zero-order chi connectivity index (χ0) is 12.3. The van der Waals surface area contributed by atoms with Crippen molar-refractivity contribution in [3.8, 4) is 0 Å². The summed E-state index contributed by atoms with van der Waals surface area (Å²) in [5.41, 5.74) is 10.1. The quantitative estimate of drug-likeness (QED) is 0.641. The van der Waals surface area contributed by atoms with Crippen molar-refractivity contribution in [1.29, 1.82) is 5.41 Å². The van der Waals surface area contributed by atoms with Crippen LogP contribution in [0, 0.1) is 5.41 Å². The third kappa shape index (κ3) is 2.62. The summed E-state index contributed by atoms with van der Waals surface area (Å²) in [4.78, 5) is 6.30. The van der Waals surface area contributed by atoms with Gasteiger partial charge in [-0.15, -0.1) is 11.3 Å². The Bertz CT molecular complexity index is 507. The number of nitrogens with zero attached hydrogens (tertiary/aromatic N) is 2. The number of nitrogens with one attached hydrogen (secondary N) is 1. The molecule has 2 rings (SSSR count). The molecule has 0 aliphatic heterocycles. The Morgan fingerprint density at radius 1 is 1.47 bits per heavy atom. The van der Waals surface area contributed by atoms with Crippen LogP contribution < -0.4 is 10.6 Å². The van der Waals surface area contributed by atoms with Crippen LogP contribution in [0.2, 0.25) is 0 Å². The van der Waals surface area contributed by atoms with Crippen molar-refractivity contribution < 1.29 is 0 Å². The first-order valence-corrected chi connectivity index (χ1v) is 6.14. The monoisotopic (exact) mass is 246 g/mol. The summed E-state index contributed by atoms with van der Waals surface area (Å²) in [5.74, 6) is 0.0886. The lowest BCUT2D eigenvalue weighted by molar-refractivity contribution is 0.893. The van der Waals surface area contributed by atoms with Crippen LogP contribution in [0.25, 0.3) is 0 Å². The van der Waals surface area contributed by atoms with E-state index in [0.717, 1.165) is 16.9 Å². The highest BCUT2D eigenvalue weighted by molar-refractivity contribution is 7.07. The van der Waals surface area contributed by atoms with E-state index in [1.165, 1.54) is 0 Å². The highest BCUT2D eigenvalue weighted by Crippen LogP contribution is 2.20. The number of benzene rings is 1. The summed E-state index contributed by atoms with van der Waals surface area (Å²) in [6, 6.07) is 7.65. The zero-order valence-corrected chi connectivity index (χ0v) is 10.4. The second-order valence-corrected chi connectivity index (χ2v) is 4.49. The number of aromatic nitrogens is 1. The van der Waals surface area contributed by atoms with Gasteiger partial charge in [-0.3, -0.25) is 5.41 Å². The van der Waals surface area contributed by atoms with E-state index in [9.17, 15) is 0 Å². The van der Waals surface area contributed by atoms with Gasteiger partial charge in [-0.2, -0.15) is 0 Å². The van der Waals surface area contributed by atoms with Crippen molar-refractivity contribution >= 4 is 22.9 Å². The number of nitrogens with two attached hydrogens (primary N) is 1. The van der Waals surface area contributed by atoms with E-state index in [1.54, 1.807) is 11.3 Å². The van der Waals surface area contributed by atoms with Gasteiger partial charge < -0.3 is 10.6 Å². The molecule has 2 aromatic rings. The van der Waals surface area contributed by atoms with Gasteiger partial charge in [0.05, 0.1) is 17.7 Å². The van der Waals surface area contributed by atoms with Gasteiger partial charge in [0, 0.05) is 23.7 Å². The molecule has 0 fully saturated rings. The molecule has 17 heavy (non-hydrogen) atoms. The Balaban J connectivity index is 2.24. The maximum atomic E-state index is 7.56. The lowest BCUT2D eigenvalue weighted by atomic mass is 10.1. The Hall–Kier alpha value is -1.88. The van der Waals surface area contributed by atoms with Crippen LogP contribution in [-0.2, 0) is 6.54 Å². The smallest absolute Gasteiger partial charge is 0.124 e. The standard InChI is InChI=1S/C12H14N4S/c1-16(6-9-7-17-8-15-9)11-5-3-2-4-10(11)12(13)14/h2-5,7-8H,6H2,1H3,(H3,13,14). The molecule has 0 amide bonds. The molecule has 1 aromatic carbocycles. The first-order valence-electron chi connectivity index (χ1n) is 5.20. The van der Waals surface area contributed by atoms with Crippen LogP contribution in [0.5, 0.6) is 0 Å². The number of hydrogen-bond acceptors (Lipinski definition) is 4. The Morgan fingerprint density at radius 3 is 2.88 bits per heavy atom. The summed E-state index contributed by atoms with van der Waals surface area (Å²) in [7, 11) is 1.97. The molecule has 0 saturated heterocycles. The molecule has 0 spiro atoms. The van der Waals surface area contributed by atoms with Gasteiger partial charge in [0.15, 0.2) is 0 Å². The van der Waals surface area contributed by atoms with Crippen LogP contribution in [0.1, 0.15) is 11.3 Å². The molecular weight excluding hydrogens is 232 g/mol. The molecule has 1 heterocycles. The van der Waals surface area contributed by atoms with Crippen molar-refractivity contribution in [2.24, 2.45) is 5.73 Å². The summed E-state index contributed by atoms with van der Waals surface area (Å²) in [6.07, 6.45) is 0. The minimum atomic E-state index is 0.0886. The second kappa shape index (κ2) is 4.97. The minimum Gasteiger partial charge on any atom is -0.384 e. The average Bonchev–Trinajstić information content (AvgIpc) is 2.81. The highest BCUT2D eigenvalue weighted by atomic mass is 32.1. The Morgan fingerprint density at radius 2 is 2.24 bits per heavy atom. The predicted molar refractivity (Wildman–Crippen MR) is 71.7 cm³/mol. The maximum Gasteiger partial charge on any atom is 0.124 e. The normalized spacial score (nSPS) is 10.2. The lowest BCUT2D eigenvalue weighted by Crippen LogP contribution is -2.22. The molecule has 0 aliphatic carbocycles. The molecule has 0 bridgehead atoms. The lowest BCUT2D eigenvalue weighted by Gasteiger charge is -2.21. The summed E-state index contributed by atoms with van der Waals surface area (Å²) < 4.78 is 0. The number of nitrogen functional groups attached to an aromatic ring is 1. The third-order valence-corrected chi connectivity index (χ3v) is 3.12. The van der Waals surface area contributed by atoms with E-state index in [2.05, 4.69) is 4.98 Å². The summed E-state index contributed by atoms with van der Waals surface area (Å²) in [6.45, 7) is 0.716. The van der Waals surface area contributed by atoms with Crippen LogP contribution in [0.3, 0.4) is 0 Å². The van der Waals surface area contributed by atoms with Gasteiger partial charge in [-0.05, 0) is 12.1 Å². The fourth-order valence-corrected chi connectivity index (χ4v) is 2.23. The molecule has 0 saturated carbocycles. The van der Waals surface area contributed by atoms with E-state index in [4.69, 9.17) is 11.1 Å². The molecule has 88 valence electrons. The number of thiazole rings is 1. The Labute approximate surface area is 104 Å². The van der Waals surface area contributed by atoms with Gasteiger partial charge in [0.2, 0.25) is 0 Å². The van der Waals surface area contributed by atoms with E-state index >= 15 is 0 Å². The largest absolute Gasteiger partial charge is 0.384 e. The highest BCUT2D eigenvalue weighted by Gasteiger charge is 2.09. The number of anilines is 1. The van der Waals surface area contributed by atoms with E-state index in [-0.39, 0.29) is 5.84 Å². The summed E-state index contributed by atoms with van der Waals surface area (Å²) >= 11 is 1.58. The molecule has 4 nitrogen and oxygen atoms in total. The molecule has 1 aromatic heterocycles. The molecule has 0 atom stereocenters. The van der Waals surface area contributed by atoms with Gasteiger partial charge in [0.25, 0.3) is 0 Å². The van der Waals surface area contributed by atoms with E-state index < -0.39 is 0 Å². The number of amidine groups is 1. The molecular formula is C12H14N4S. The molecule has 5 heteroatoms. The Kier molecular flexibility index (Phi) is 3.39. The van der Waals surface area contributed by atoms with Crippen molar-refractivity contribution in [2.75, 3.05) is 11.9 Å². The fraction of sp³-hybridized carbons (Fsp3) is 0.167. The van der Waals surface area contributed by atoms with Gasteiger partial charge in [-0.25, -0.2) is 4.98 Å². The SMILES string of the molecule is CN(Cc1cscn1)c1ccccc1C(=N)N. The van der Waals surface area contributed by atoms with Crippen LogP contribution >= 0.6 is 11.3 Å². The van der Waals surface area contributed by atoms with Crippen LogP contribution in [0.15, 0.2) is 35.2 Å². The van der Waals surface area contributed by atoms with Crippen LogP contribution in [-0.4, -0.2) is 17.9 Å². The molecule has 0 aliphatic rings. The number of para-hydroxylation sites is 1. The van der Waals surface area contributed by atoms with Crippen molar-refractivity contribution in [3.05, 3.63) is 46.4 Å². The van der Waals surface area contributed by atoms with Crippen LogP contribution in [0.4, 0.5) is 5.69 Å². The first kappa shape index (κ1) is 11.6. The molecule has 0 radical (unpaired) electrons. The van der Waals surface area contributed by atoms with Gasteiger partial charge in [0.1, 0.15) is 5.84 Å². The van der Waals surface area contributed by atoms with Gasteiger partial charge in [-0.1, -0.05) is 12.1 Å². The molecule has 0 unspecified atom stereocenters. The number of rotatable bonds is 4. The summed E-state index contributed by atoms with van der Waals surface area (Å²) in [5, 5.41) is 9.58. The maximum absolute atomic E-state index is 7.56. The van der Waals surface area contributed by atoms with Crippen molar-refractivity contribution in [2.45, 2.75) is 6.54 Å². The average molecular weight is 246 g/mol. The molecule has 3 N–H and O–H groups in total. The number of hydrogen-bond donors (Lipinski definition) is 2. The van der Waals surface area contributed by atoms with Crippen molar-refractivity contribution in [3.63, 3.8) is 0 Å². The van der Waals surface area contributed by atoms with E-state index in [0.29, 0.717) is 6.54 Å². The minimum absolute atomic E-state index is 0.0886. The van der Waals surface area contributed by atoms with Crippen molar-refractivity contribution in [1.82, 2.24) is 4.98 Å². The zero-order valence-electron chi connectivity index (χ0n) is 9.55. The van der Waals surface area contributed by atoms with Gasteiger partial charge >= 0.3 is 0 Å². The third-order valence-electron chi connectivity index (χ3n) is 2.49.